The zero-order valence-corrected chi connectivity index (χ0v) is 18.9. The Bertz CT molecular complexity index is 1500. The van der Waals surface area contributed by atoms with Gasteiger partial charge in [0.2, 0.25) is 19.7 Å². The van der Waals surface area contributed by atoms with Gasteiger partial charge < -0.3 is 5.73 Å². The fourth-order valence-electron chi connectivity index (χ4n) is 3.12. The van der Waals surface area contributed by atoms with E-state index in [1.807, 2.05) is 0 Å². The lowest BCUT2D eigenvalue weighted by atomic mass is 10.2. The first-order valence-corrected chi connectivity index (χ1v) is 12.1. The molecule has 3 rings (SSSR count). The summed E-state index contributed by atoms with van der Waals surface area (Å²) in [6.07, 6.45) is 0. The van der Waals surface area contributed by atoms with E-state index in [-0.39, 0.29) is 9.79 Å². The molecule has 11 nitrogen and oxygen atoms in total. The smallest absolute Gasteiger partial charge is 0.370 e. The molecule has 0 saturated carbocycles. The highest BCUT2D eigenvalue weighted by Crippen LogP contribution is 2.44. The fourth-order valence-corrected chi connectivity index (χ4v) is 6.59. The van der Waals surface area contributed by atoms with Crippen LogP contribution in [0.4, 0.5) is 17.1 Å². The maximum atomic E-state index is 13.4. The third-order valence-corrected chi connectivity index (χ3v) is 8.63. The molecule has 0 aliphatic carbocycles. The van der Waals surface area contributed by atoms with Crippen LogP contribution in [-0.4, -0.2) is 26.7 Å². The van der Waals surface area contributed by atoms with E-state index < -0.39 is 56.4 Å². The lowest BCUT2D eigenvalue weighted by Gasteiger charge is -2.14. The first-order valence-electron chi connectivity index (χ1n) is 9.17. The number of benzene rings is 3. The third kappa shape index (κ3) is 4.15. The lowest BCUT2D eigenvalue weighted by molar-refractivity contribution is -0.422. The quantitative estimate of drug-likeness (QED) is 0.307. The van der Waals surface area contributed by atoms with Crippen LogP contribution in [0.3, 0.4) is 0 Å². The van der Waals surface area contributed by atoms with Crippen molar-refractivity contribution in [1.82, 2.24) is 0 Å². The number of anilines is 1. The van der Waals surface area contributed by atoms with E-state index in [4.69, 9.17) is 5.73 Å². The highest BCUT2D eigenvalue weighted by atomic mass is 32.2. The number of hydrogen-bond donors (Lipinski definition) is 1. The number of nitro groups is 2. The Morgan fingerprint density at radius 1 is 0.727 bits per heavy atom. The van der Waals surface area contributed by atoms with E-state index in [1.165, 1.54) is 48.5 Å². The fraction of sp³-hybridized carbons (Fsp3) is 0.100. The van der Waals surface area contributed by atoms with Crippen LogP contribution in [-0.2, 0) is 19.7 Å². The SMILES string of the molecule is Cc1ccc(S(=O)(=O)c2cc([N+](=O)[O-])c([N+](=O)[O-])c(N)c2S(=O)(=O)c2ccc(C)cc2)cc1. The van der Waals surface area contributed by atoms with Crippen molar-refractivity contribution < 1.29 is 26.7 Å². The maximum Gasteiger partial charge on any atom is 0.370 e. The van der Waals surface area contributed by atoms with Gasteiger partial charge in [-0.1, -0.05) is 35.4 Å². The summed E-state index contributed by atoms with van der Waals surface area (Å²) in [4.78, 5) is 17.8. The topological polar surface area (TPSA) is 181 Å². The van der Waals surface area contributed by atoms with Crippen molar-refractivity contribution in [2.45, 2.75) is 33.4 Å². The average Bonchev–Trinajstić information content (AvgIpc) is 2.73. The largest absolute Gasteiger partial charge is 0.392 e. The molecule has 0 radical (unpaired) electrons. The molecular formula is C20H17N3O8S2. The summed E-state index contributed by atoms with van der Waals surface area (Å²) < 4.78 is 53.7. The number of hydrogen-bond acceptors (Lipinski definition) is 9. The molecule has 0 aromatic heterocycles. The Kier molecular flexibility index (Phi) is 5.96. The van der Waals surface area contributed by atoms with Crippen LogP contribution in [0.25, 0.3) is 0 Å². The van der Waals surface area contributed by atoms with E-state index >= 15 is 0 Å². The maximum absolute atomic E-state index is 13.4. The molecule has 3 aromatic rings. The molecule has 0 bridgehead atoms. The van der Waals surface area contributed by atoms with Crippen LogP contribution in [0, 0.1) is 34.1 Å². The number of nitrogen functional groups attached to an aromatic ring is 1. The van der Waals surface area contributed by atoms with E-state index in [9.17, 15) is 37.1 Å². The molecule has 0 heterocycles. The molecule has 0 amide bonds. The van der Waals surface area contributed by atoms with Gasteiger partial charge in [0.15, 0.2) is 0 Å². The molecule has 13 heteroatoms. The summed E-state index contributed by atoms with van der Waals surface area (Å²) in [5.74, 6) is 0. The molecule has 0 aliphatic rings. The van der Waals surface area contributed by atoms with Gasteiger partial charge in [0.05, 0.1) is 19.6 Å². The minimum atomic E-state index is -4.75. The average molecular weight is 492 g/mol. The van der Waals surface area contributed by atoms with Gasteiger partial charge in [-0.25, -0.2) is 16.8 Å². The normalized spacial score (nSPS) is 11.8. The van der Waals surface area contributed by atoms with Crippen molar-refractivity contribution in [3.05, 3.63) is 86.0 Å². The predicted octanol–water partition coefficient (Wildman–Crippen LogP) is 3.37. The molecule has 0 atom stereocenters. The van der Waals surface area contributed by atoms with Crippen LogP contribution in [0.5, 0.6) is 0 Å². The van der Waals surface area contributed by atoms with Gasteiger partial charge in [0, 0.05) is 6.07 Å². The van der Waals surface area contributed by atoms with E-state index in [0.717, 1.165) is 0 Å². The van der Waals surface area contributed by atoms with Crippen molar-refractivity contribution in [3.8, 4) is 0 Å². The van der Waals surface area contributed by atoms with Crippen LogP contribution < -0.4 is 5.73 Å². The van der Waals surface area contributed by atoms with Crippen molar-refractivity contribution in [3.63, 3.8) is 0 Å². The van der Waals surface area contributed by atoms with Gasteiger partial charge in [-0.15, -0.1) is 0 Å². The highest BCUT2D eigenvalue weighted by molar-refractivity contribution is 7.94. The van der Waals surface area contributed by atoms with Gasteiger partial charge in [-0.05, 0) is 38.1 Å². The molecule has 3 aromatic carbocycles. The van der Waals surface area contributed by atoms with Gasteiger partial charge in [0.25, 0.3) is 0 Å². The second-order valence-corrected chi connectivity index (χ2v) is 10.9. The Hall–Kier alpha value is -3.84. The van der Waals surface area contributed by atoms with Gasteiger partial charge in [-0.3, -0.25) is 20.2 Å². The Balaban J connectivity index is 2.51. The number of nitrogens with zero attached hydrogens (tertiary/aromatic N) is 2. The standard InChI is InChI=1S/C20H17N3O8S2/c1-12-3-7-14(8-4-12)32(28,29)17-11-16(22(24)25)19(23(26)27)18(21)20(17)33(30,31)15-9-5-13(2)6-10-15/h3-11H,21H2,1-2H3. The number of nitro benzene ring substituents is 2. The van der Waals surface area contributed by atoms with E-state index in [2.05, 4.69) is 0 Å². The Morgan fingerprint density at radius 3 is 1.55 bits per heavy atom. The van der Waals surface area contributed by atoms with Gasteiger partial charge in [0.1, 0.15) is 15.5 Å². The molecule has 0 fully saturated rings. The van der Waals surface area contributed by atoms with Crippen LogP contribution in [0.15, 0.2) is 74.2 Å². The molecule has 0 aliphatic heterocycles. The first kappa shape index (κ1) is 23.8. The van der Waals surface area contributed by atoms with Crippen LogP contribution in [0.1, 0.15) is 11.1 Å². The van der Waals surface area contributed by atoms with Crippen molar-refractivity contribution in [1.29, 1.82) is 0 Å². The Labute approximate surface area is 188 Å². The molecule has 0 spiro atoms. The summed E-state index contributed by atoms with van der Waals surface area (Å²) in [5.41, 5.74) is 3.49. The predicted molar refractivity (Wildman–Crippen MR) is 117 cm³/mol. The van der Waals surface area contributed by atoms with Crippen LogP contribution in [0.2, 0.25) is 0 Å². The lowest BCUT2D eigenvalue weighted by Crippen LogP contribution is -2.16. The number of aryl methyl sites for hydroxylation is 2. The summed E-state index contributed by atoms with van der Waals surface area (Å²) in [5, 5.41) is 23.1. The second kappa shape index (κ2) is 8.26. The zero-order valence-electron chi connectivity index (χ0n) is 17.3. The summed E-state index contributed by atoms with van der Waals surface area (Å²) in [6.45, 7) is 3.38. The number of nitrogens with two attached hydrogens (primary N) is 1. The highest BCUT2D eigenvalue weighted by Gasteiger charge is 2.41. The van der Waals surface area contributed by atoms with Gasteiger partial charge in [-0.2, -0.15) is 0 Å². The number of sulfone groups is 2. The monoisotopic (exact) mass is 491 g/mol. The van der Waals surface area contributed by atoms with Crippen molar-refractivity contribution in [2.24, 2.45) is 0 Å². The number of rotatable bonds is 6. The molecule has 2 N–H and O–H groups in total. The second-order valence-electron chi connectivity index (χ2n) is 7.13. The van der Waals surface area contributed by atoms with Crippen LogP contribution >= 0.6 is 0 Å². The third-order valence-electron chi connectivity index (χ3n) is 4.83. The van der Waals surface area contributed by atoms with Crippen molar-refractivity contribution in [2.75, 3.05) is 5.73 Å². The Morgan fingerprint density at radius 2 is 1.15 bits per heavy atom. The first-order chi connectivity index (χ1) is 15.3. The summed E-state index contributed by atoms with van der Waals surface area (Å²) >= 11 is 0. The molecular weight excluding hydrogens is 474 g/mol. The van der Waals surface area contributed by atoms with E-state index in [0.29, 0.717) is 17.2 Å². The summed E-state index contributed by atoms with van der Waals surface area (Å²) in [7, 11) is -9.44. The molecule has 0 unspecified atom stereocenters. The summed E-state index contributed by atoms with van der Waals surface area (Å²) in [6, 6.07) is 10.9. The minimum absolute atomic E-state index is 0.365. The zero-order chi connectivity index (χ0) is 24.7. The van der Waals surface area contributed by atoms with Gasteiger partial charge >= 0.3 is 11.4 Å². The molecule has 172 valence electrons. The molecule has 33 heavy (non-hydrogen) atoms. The van der Waals surface area contributed by atoms with Crippen molar-refractivity contribution >= 4 is 36.7 Å². The van der Waals surface area contributed by atoms with E-state index in [1.54, 1.807) is 13.8 Å². The minimum Gasteiger partial charge on any atom is -0.392 e. The molecule has 0 saturated heterocycles.